The molecule has 0 aromatic heterocycles. The van der Waals surface area contributed by atoms with Crippen LogP contribution in [0.4, 0.5) is 11.4 Å². The normalized spacial score (nSPS) is 14.3. The third-order valence-electron chi connectivity index (χ3n) is 4.83. The second-order valence-corrected chi connectivity index (χ2v) is 8.95. The van der Waals surface area contributed by atoms with Crippen LogP contribution in [0, 0.1) is 0 Å². The molecule has 0 bridgehead atoms. The van der Waals surface area contributed by atoms with E-state index >= 15 is 0 Å². The largest absolute Gasteiger partial charge is 0.339 e. The van der Waals surface area contributed by atoms with Crippen LogP contribution in [0.2, 0.25) is 0 Å². The standard InChI is InChI=1S/C21H25N3O4S/c1-2-29(27,28)23-17-10-8-9-16(15-17)20(25)22-19-12-5-4-11-18(19)21(26)24-13-6-3-7-14-24/h4-5,8-12,15,23H,2-3,6-7,13-14H2,1H3,(H,22,25). The molecule has 1 aliphatic heterocycles. The zero-order chi connectivity index (χ0) is 20.9. The number of nitrogens with zero attached hydrogens (tertiary/aromatic N) is 1. The number of rotatable bonds is 6. The lowest BCUT2D eigenvalue weighted by Gasteiger charge is -2.27. The number of carbonyl (C=O) groups excluding carboxylic acids is 2. The van der Waals surface area contributed by atoms with Crippen LogP contribution in [0.3, 0.4) is 0 Å². The minimum atomic E-state index is -3.44. The van der Waals surface area contributed by atoms with Gasteiger partial charge in [-0.1, -0.05) is 18.2 Å². The summed E-state index contributed by atoms with van der Waals surface area (Å²) < 4.78 is 25.9. The van der Waals surface area contributed by atoms with Crippen LogP contribution in [0.5, 0.6) is 0 Å². The highest BCUT2D eigenvalue weighted by Gasteiger charge is 2.21. The summed E-state index contributed by atoms with van der Waals surface area (Å²) in [5, 5.41) is 2.79. The van der Waals surface area contributed by atoms with E-state index in [1.165, 1.54) is 13.0 Å². The van der Waals surface area contributed by atoms with Crippen LogP contribution in [0.1, 0.15) is 46.9 Å². The predicted octanol–water partition coefficient (Wildman–Crippen LogP) is 3.33. The highest BCUT2D eigenvalue weighted by Crippen LogP contribution is 2.21. The number of likely N-dealkylation sites (tertiary alicyclic amines) is 1. The molecule has 0 unspecified atom stereocenters. The Morgan fingerprint density at radius 3 is 2.45 bits per heavy atom. The number of amides is 2. The Morgan fingerprint density at radius 2 is 1.72 bits per heavy atom. The molecular formula is C21H25N3O4S. The zero-order valence-corrected chi connectivity index (χ0v) is 17.2. The van der Waals surface area contributed by atoms with Gasteiger partial charge in [0, 0.05) is 24.3 Å². The van der Waals surface area contributed by atoms with Crippen molar-refractivity contribution in [2.45, 2.75) is 26.2 Å². The number of anilines is 2. The van der Waals surface area contributed by atoms with Crippen molar-refractivity contribution in [3.63, 3.8) is 0 Å². The molecule has 2 amide bonds. The highest BCUT2D eigenvalue weighted by molar-refractivity contribution is 7.92. The molecule has 154 valence electrons. The van der Waals surface area contributed by atoms with E-state index in [2.05, 4.69) is 10.0 Å². The third-order valence-corrected chi connectivity index (χ3v) is 6.13. The zero-order valence-electron chi connectivity index (χ0n) is 16.3. The van der Waals surface area contributed by atoms with Gasteiger partial charge in [0.05, 0.1) is 17.0 Å². The van der Waals surface area contributed by atoms with Crippen molar-refractivity contribution in [1.82, 2.24) is 4.90 Å². The van der Waals surface area contributed by atoms with Crippen LogP contribution in [0.15, 0.2) is 48.5 Å². The van der Waals surface area contributed by atoms with Gasteiger partial charge in [-0.25, -0.2) is 8.42 Å². The Kier molecular flexibility index (Phi) is 6.53. The molecule has 2 N–H and O–H groups in total. The van der Waals surface area contributed by atoms with Gasteiger partial charge in [-0.2, -0.15) is 0 Å². The Balaban J connectivity index is 1.78. The molecule has 1 heterocycles. The number of hydrogen-bond donors (Lipinski definition) is 2. The SMILES string of the molecule is CCS(=O)(=O)Nc1cccc(C(=O)Nc2ccccc2C(=O)N2CCCCC2)c1. The van der Waals surface area contributed by atoms with E-state index in [0.29, 0.717) is 22.5 Å². The number of carbonyl (C=O) groups is 2. The van der Waals surface area contributed by atoms with Crippen molar-refractivity contribution in [3.05, 3.63) is 59.7 Å². The minimum absolute atomic E-state index is 0.0601. The number of benzene rings is 2. The first-order chi connectivity index (χ1) is 13.9. The average Bonchev–Trinajstić information content (AvgIpc) is 2.74. The molecule has 0 aliphatic carbocycles. The number of para-hydroxylation sites is 1. The molecule has 29 heavy (non-hydrogen) atoms. The van der Waals surface area contributed by atoms with E-state index in [1.54, 1.807) is 42.5 Å². The fourth-order valence-electron chi connectivity index (χ4n) is 3.22. The van der Waals surface area contributed by atoms with Crippen molar-refractivity contribution >= 4 is 33.2 Å². The van der Waals surface area contributed by atoms with Crippen molar-refractivity contribution in [2.75, 3.05) is 28.9 Å². The monoisotopic (exact) mass is 415 g/mol. The number of hydrogen-bond acceptors (Lipinski definition) is 4. The first kappa shape index (κ1) is 20.9. The molecule has 1 saturated heterocycles. The second kappa shape index (κ2) is 9.09. The van der Waals surface area contributed by atoms with Crippen molar-refractivity contribution in [2.24, 2.45) is 0 Å². The average molecular weight is 416 g/mol. The van der Waals surface area contributed by atoms with E-state index in [0.717, 1.165) is 32.4 Å². The maximum atomic E-state index is 12.9. The fourth-order valence-corrected chi connectivity index (χ4v) is 3.85. The van der Waals surface area contributed by atoms with Gasteiger partial charge in [0.2, 0.25) is 10.0 Å². The van der Waals surface area contributed by atoms with Crippen molar-refractivity contribution in [3.8, 4) is 0 Å². The maximum Gasteiger partial charge on any atom is 0.255 e. The quantitative estimate of drug-likeness (QED) is 0.756. The predicted molar refractivity (Wildman–Crippen MR) is 114 cm³/mol. The van der Waals surface area contributed by atoms with E-state index in [9.17, 15) is 18.0 Å². The van der Waals surface area contributed by atoms with Gasteiger partial charge in [-0.15, -0.1) is 0 Å². The summed E-state index contributed by atoms with van der Waals surface area (Å²) in [5.74, 6) is -0.568. The Hall–Kier alpha value is -2.87. The molecule has 8 heteroatoms. The fraction of sp³-hybridized carbons (Fsp3) is 0.333. The first-order valence-electron chi connectivity index (χ1n) is 9.70. The van der Waals surface area contributed by atoms with Crippen LogP contribution in [-0.2, 0) is 10.0 Å². The molecule has 0 saturated carbocycles. The molecule has 1 fully saturated rings. The molecule has 3 rings (SSSR count). The van der Waals surface area contributed by atoms with Gasteiger partial charge >= 0.3 is 0 Å². The van der Waals surface area contributed by atoms with Gasteiger partial charge in [0.1, 0.15) is 0 Å². The van der Waals surface area contributed by atoms with Gasteiger partial charge in [-0.05, 0) is 56.5 Å². The summed E-state index contributed by atoms with van der Waals surface area (Å²) in [6.07, 6.45) is 3.10. The van der Waals surface area contributed by atoms with Gasteiger partial charge in [0.25, 0.3) is 11.8 Å². The van der Waals surface area contributed by atoms with Crippen LogP contribution >= 0.6 is 0 Å². The Morgan fingerprint density at radius 1 is 1.00 bits per heavy atom. The van der Waals surface area contributed by atoms with E-state index in [4.69, 9.17) is 0 Å². The first-order valence-corrected chi connectivity index (χ1v) is 11.3. The second-order valence-electron chi connectivity index (χ2n) is 6.94. The summed E-state index contributed by atoms with van der Waals surface area (Å²) in [5.41, 5.74) is 1.50. The summed E-state index contributed by atoms with van der Waals surface area (Å²) in [7, 11) is -3.44. The van der Waals surface area contributed by atoms with Gasteiger partial charge < -0.3 is 10.2 Å². The smallest absolute Gasteiger partial charge is 0.255 e. The summed E-state index contributed by atoms with van der Waals surface area (Å²) in [6, 6.07) is 13.2. The van der Waals surface area contributed by atoms with E-state index in [-0.39, 0.29) is 11.7 Å². The molecule has 0 atom stereocenters. The van der Waals surface area contributed by atoms with E-state index in [1.807, 2.05) is 4.90 Å². The number of piperidine rings is 1. The van der Waals surface area contributed by atoms with E-state index < -0.39 is 15.9 Å². The summed E-state index contributed by atoms with van der Waals surface area (Å²) in [6.45, 7) is 2.98. The summed E-state index contributed by atoms with van der Waals surface area (Å²) >= 11 is 0. The molecule has 7 nitrogen and oxygen atoms in total. The lowest BCUT2D eigenvalue weighted by atomic mass is 10.1. The Labute approximate surface area is 171 Å². The Bertz CT molecular complexity index is 998. The minimum Gasteiger partial charge on any atom is -0.339 e. The summed E-state index contributed by atoms with van der Waals surface area (Å²) in [4.78, 5) is 27.4. The number of nitrogens with one attached hydrogen (secondary N) is 2. The van der Waals surface area contributed by atoms with Crippen LogP contribution in [0.25, 0.3) is 0 Å². The molecule has 0 spiro atoms. The highest BCUT2D eigenvalue weighted by atomic mass is 32.2. The molecule has 2 aromatic carbocycles. The molecule has 0 radical (unpaired) electrons. The lowest BCUT2D eigenvalue weighted by Crippen LogP contribution is -2.36. The third kappa shape index (κ3) is 5.35. The number of sulfonamides is 1. The van der Waals surface area contributed by atoms with Crippen molar-refractivity contribution < 1.29 is 18.0 Å². The molecular weight excluding hydrogens is 390 g/mol. The van der Waals surface area contributed by atoms with Gasteiger partial charge in [-0.3, -0.25) is 14.3 Å². The molecule has 2 aromatic rings. The van der Waals surface area contributed by atoms with Crippen LogP contribution < -0.4 is 10.0 Å². The topological polar surface area (TPSA) is 95.6 Å². The lowest BCUT2D eigenvalue weighted by molar-refractivity contribution is 0.0725. The maximum absolute atomic E-state index is 12.9. The van der Waals surface area contributed by atoms with Crippen molar-refractivity contribution in [1.29, 1.82) is 0 Å². The molecule has 1 aliphatic rings. The van der Waals surface area contributed by atoms with Crippen LogP contribution in [-0.4, -0.2) is 44.0 Å². The van der Waals surface area contributed by atoms with Gasteiger partial charge in [0.15, 0.2) is 0 Å².